The fraction of sp³-hybridized carbons (Fsp3) is 0.609. The molecule has 0 unspecified atom stereocenters. The van der Waals surface area contributed by atoms with Crippen LogP contribution in [0.15, 0.2) is 24.5 Å². The molecule has 1 saturated carbocycles. The number of hydrogen-bond acceptors (Lipinski definition) is 6. The van der Waals surface area contributed by atoms with E-state index in [1.807, 2.05) is 13.8 Å². The molecule has 0 bridgehead atoms. The summed E-state index contributed by atoms with van der Waals surface area (Å²) in [5.74, 6) is 0.592. The van der Waals surface area contributed by atoms with E-state index in [1.165, 1.54) is 11.3 Å². The number of benzene rings is 1. The summed E-state index contributed by atoms with van der Waals surface area (Å²) in [5, 5.41) is 3.01. The van der Waals surface area contributed by atoms with E-state index in [1.54, 1.807) is 12.4 Å². The Labute approximate surface area is 178 Å². The van der Waals surface area contributed by atoms with E-state index in [2.05, 4.69) is 32.3 Å². The zero-order chi connectivity index (χ0) is 20.9. The second-order valence-electron chi connectivity index (χ2n) is 8.65. The number of rotatable bonds is 5. The Hall–Kier alpha value is -2.41. The number of anilines is 1. The number of ether oxygens (including phenoxy) is 2. The molecule has 1 aromatic carbocycles. The third-order valence-electron chi connectivity index (χ3n) is 6.03. The van der Waals surface area contributed by atoms with Crippen LogP contribution in [0, 0.1) is 5.92 Å². The van der Waals surface area contributed by atoms with E-state index >= 15 is 0 Å². The molecule has 2 aliphatic rings. The van der Waals surface area contributed by atoms with Gasteiger partial charge in [-0.15, -0.1) is 0 Å². The van der Waals surface area contributed by atoms with Crippen molar-refractivity contribution in [1.82, 2.24) is 15.3 Å². The molecule has 2 aromatic rings. The van der Waals surface area contributed by atoms with Crippen LogP contribution >= 0.6 is 0 Å². The van der Waals surface area contributed by atoms with Crippen LogP contribution in [0.25, 0.3) is 11.0 Å². The maximum atomic E-state index is 11.9. The van der Waals surface area contributed by atoms with Crippen LogP contribution in [0.5, 0.6) is 0 Å². The fourth-order valence-corrected chi connectivity index (χ4v) is 4.53. The van der Waals surface area contributed by atoms with Gasteiger partial charge in [-0.3, -0.25) is 9.97 Å². The lowest BCUT2D eigenvalue weighted by atomic mass is 9.82. The number of nitrogens with zero attached hydrogens (tertiary/aromatic N) is 3. The van der Waals surface area contributed by atoms with Gasteiger partial charge in [0.1, 0.15) is 0 Å². The molecule has 30 heavy (non-hydrogen) atoms. The Morgan fingerprint density at radius 2 is 1.90 bits per heavy atom. The molecule has 2 fully saturated rings. The topological polar surface area (TPSA) is 76.6 Å². The minimum atomic E-state index is -0.298. The molecule has 0 radical (unpaired) electrons. The summed E-state index contributed by atoms with van der Waals surface area (Å²) in [6, 6.07) is 4.66. The lowest BCUT2D eigenvalue weighted by Gasteiger charge is -2.31. The van der Waals surface area contributed by atoms with Crippen LogP contribution in [-0.4, -0.2) is 54.5 Å². The first-order chi connectivity index (χ1) is 14.6. The van der Waals surface area contributed by atoms with Crippen molar-refractivity contribution in [2.75, 3.05) is 31.2 Å². The quantitative estimate of drug-likeness (QED) is 0.807. The summed E-state index contributed by atoms with van der Waals surface area (Å²) < 4.78 is 10.7. The number of nitrogens with one attached hydrogen (secondary N) is 1. The molecule has 0 spiro atoms. The predicted molar refractivity (Wildman–Crippen MR) is 117 cm³/mol. The fourth-order valence-electron chi connectivity index (χ4n) is 4.53. The molecule has 0 atom stereocenters. The highest BCUT2D eigenvalue weighted by Gasteiger charge is 2.24. The van der Waals surface area contributed by atoms with Gasteiger partial charge in [0.25, 0.3) is 0 Å². The molecule has 1 aliphatic carbocycles. The molecule has 162 valence electrons. The van der Waals surface area contributed by atoms with Crippen LogP contribution < -0.4 is 10.2 Å². The molecule has 2 heterocycles. The van der Waals surface area contributed by atoms with Gasteiger partial charge in [-0.05, 0) is 69.6 Å². The van der Waals surface area contributed by atoms with Gasteiger partial charge in [0.2, 0.25) is 0 Å². The molecule has 1 amide bonds. The molecule has 1 saturated heterocycles. The maximum absolute atomic E-state index is 11.9. The SMILES string of the molecule is CC(C)OC(=O)NC1CCC(Cc2cc(N3CCOCC3)cc3nccnc23)CC1. The van der Waals surface area contributed by atoms with Crippen LogP contribution in [0.4, 0.5) is 10.5 Å². The maximum Gasteiger partial charge on any atom is 0.407 e. The Morgan fingerprint density at radius 1 is 1.17 bits per heavy atom. The lowest BCUT2D eigenvalue weighted by molar-refractivity contribution is 0.108. The number of amides is 1. The first-order valence-electron chi connectivity index (χ1n) is 11.1. The minimum absolute atomic E-state index is 0.0885. The molecule has 1 aliphatic heterocycles. The summed E-state index contributed by atoms with van der Waals surface area (Å²) in [6.45, 7) is 7.10. The minimum Gasteiger partial charge on any atom is -0.447 e. The van der Waals surface area contributed by atoms with Crippen LogP contribution in [0.3, 0.4) is 0 Å². The highest BCUT2D eigenvalue weighted by atomic mass is 16.6. The van der Waals surface area contributed by atoms with Crippen molar-refractivity contribution in [2.24, 2.45) is 5.92 Å². The Balaban J connectivity index is 1.43. The summed E-state index contributed by atoms with van der Waals surface area (Å²) in [6.07, 6.45) is 8.32. The van der Waals surface area contributed by atoms with E-state index in [9.17, 15) is 4.79 Å². The summed E-state index contributed by atoms with van der Waals surface area (Å²) in [4.78, 5) is 23.5. The molecule has 1 N–H and O–H groups in total. The van der Waals surface area contributed by atoms with Crippen molar-refractivity contribution in [1.29, 1.82) is 0 Å². The highest BCUT2D eigenvalue weighted by Crippen LogP contribution is 2.31. The number of aromatic nitrogens is 2. The number of carbonyl (C=O) groups is 1. The second-order valence-corrected chi connectivity index (χ2v) is 8.65. The molecule has 7 heteroatoms. The zero-order valence-electron chi connectivity index (χ0n) is 18.0. The third kappa shape index (κ3) is 5.19. The van der Waals surface area contributed by atoms with E-state index < -0.39 is 0 Å². The summed E-state index contributed by atoms with van der Waals surface area (Å²) >= 11 is 0. The smallest absolute Gasteiger partial charge is 0.407 e. The second kappa shape index (κ2) is 9.60. The van der Waals surface area contributed by atoms with Crippen molar-refractivity contribution in [3.8, 4) is 0 Å². The van der Waals surface area contributed by atoms with Crippen molar-refractivity contribution in [2.45, 2.75) is 58.1 Å². The van der Waals surface area contributed by atoms with Gasteiger partial charge in [-0.25, -0.2) is 4.79 Å². The number of carbonyl (C=O) groups excluding carboxylic acids is 1. The van der Waals surface area contributed by atoms with Crippen molar-refractivity contribution in [3.05, 3.63) is 30.1 Å². The van der Waals surface area contributed by atoms with Gasteiger partial charge in [-0.1, -0.05) is 0 Å². The highest BCUT2D eigenvalue weighted by molar-refractivity contribution is 5.82. The van der Waals surface area contributed by atoms with Crippen LogP contribution in [0.2, 0.25) is 0 Å². The average molecular weight is 413 g/mol. The van der Waals surface area contributed by atoms with E-state index in [0.717, 1.165) is 69.4 Å². The summed E-state index contributed by atoms with van der Waals surface area (Å²) in [7, 11) is 0. The van der Waals surface area contributed by atoms with Crippen molar-refractivity contribution >= 4 is 22.8 Å². The first-order valence-corrected chi connectivity index (χ1v) is 11.1. The number of morpholine rings is 1. The van der Waals surface area contributed by atoms with Gasteiger partial charge in [0, 0.05) is 37.2 Å². The van der Waals surface area contributed by atoms with Crippen LogP contribution in [-0.2, 0) is 15.9 Å². The van der Waals surface area contributed by atoms with Gasteiger partial charge < -0.3 is 19.7 Å². The Bertz CT molecular complexity index is 859. The average Bonchev–Trinajstić information content (AvgIpc) is 2.75. The van der Waals surface area contributed by atoms with E-state index in [0.29, 0.717) is 5.92 Å². The van der Waals surface area contributed by atoms with Gasteiger partial charge >= 0.3 is 6.09 Å². The number of alkyl carbamates (subject to hydrolysis) is 1. The normalized spacial score (nSPS) is 22.3. The monoisotopic (exact) mass is 412 g/mol. The van der Waals surface area contributed by atoms with Gasteiger partial charge in [0.05, 0.1) is 30.4 Å². The zero-order valence-corrected chi connectivity index (χ0v) is 18.0. The molecule has 7 nitrogen and oxygen atoms in total. The van der Waals surface area contributed by atoms with Crippen molar-refractivity contribution in [3.63, 3.8) is 0 Å². The standard InChI is InChI=1S/C23H32N4O3/c1-16(2)30-23(28)26-19-5-3-17(4-6-19)13-18-14-20(27-9-11-29-12-10-27)15-21-22(18)25-8-7-24-21/h7-8,14-17,19H,3-6,9-13H2,1-2H3,(H,26,28). The van der Waals surface area contributed by atoms with Gasteiger partial charge in [0.15, 0.2) is 0 Å². The third-order valence-corrected chi connectivity index (χ3v) is 6.03. The molecular formula is C23H32N4O3. The number of hydrogen-bond donors (Lipinski definition) is 1. The predicted octanol–water partition coefficient (Wildman–Crippen LogP) is 3.70. The molecule has 1 aromatic heterocycles. The largest absolute Gasteiger partial charge is 0.447 e. The van der Waals surface area contributed by atoms with Crippen molar-refractivity contribution < 1.29 is 14.3 Å². The number of fused-ring (bicyclic) bond motifs is 1. The molecule has 4 rings (SSSR count). The van der Waals surface area contributed by atoms with Gasteiger partial charge in [-0.2, -0.15) is 0 Å². The van der Waals surface area contributed by atoms with E-state index in [4.69, 9.17) is 9.47 Å². The Morgan fingerprint density at radius 3 is 2.63 bits per heavy atom. The Kier molecular flexibility index (Phi) is 6.67. The summed E-state index contributed by atoms with van der Waals surface area (Å²) in [5.41, 5.74) is 4.46. The first kappa shape index (κ1) is 20.8. The molecular weight excluding hydrogens is 380 g/mol. The van der Waals surface area contributed by atoms with E-state index in [-0.39, 0.29) is 18.2 Å². The lowest BCUT2D eigenvalue weighted by Crippen LogP contribution is -2.39. The van der Waals surface area contributed by atoms with Crippen LogP contribution in [0.1, 0.15) is 45.1 Å².